The molecule has 34 heavy (non-hydrogen) atoms. The molecule has 0 atom stereocenters. The first kappa shape index (κ1) is 31.2. The third-order valence-electron chi connectivity index (χ3n) is 6.10. The molecule has 0 saturated heterocycles. The Labute approximate surface area is 234 Å². The van der Waals surface area contributed by atoms with Crippen LogP contribution in [0.5, 0.6) is 0 Å². The normalized spacial score (nSPS) is 14.1. The summed E-state index contributed by atoms with van der Waals surface area (Å²) in [6, 6.07) is 11.9. The van der Waals surface area contributed by atoms with Crippen molar-refractivity contribution in [2.75, 3.05) is 0 Å². The van der Waals surface area contributed by atoms with Gasteiger partial charge >= 0.3 is 40.3 Å². The van der Waals surface area contributed by atoms with Gasteiger partial charge in [0.1, 0.15) is 0 Å². The summed E-state index contributed by atoms with van der Waals surface area (Å²) < 4.78 is 1.76. The molecule has 0 amide bonds. The van der Waals surface area contributed by atoms with Crippen LogP contribution in [0.25, 0.3) is 21.5 Å². The van der Waals surface area contributed by atoms with E-state index in [1.807, 2.05) is 12.2 Å². The van der Waals surface area contributed by atoms with Crippen LogP contribution in [0.4, 0.5) is 0 Å². The number of allylic oxidation sites excluding steroid dienone is 4. The molecule has 1 fully saturated rings. The Morgan fingerprint density at radius 1 is 0.765 bits per heavy atom. The summed E-state index contributed by atoms with van der Waals surface area (Å²) in [5, 5.41) is 5.55. The van der Waals surface area contributed by atoms with Crippen LogP contribution in [0.2, 0.25) is 0 Å². The fourth-order valence-corrected chi connectivity index (χ4v) is 4.66. The van der Waals surface area contributed by atoms with Gasteiger partial charge in [0.15, 0.2) is 0 Å². The number of fused-ring (bicyclic) bond motifs is 3. The van der Waals surface area contributed by atoms with Crippen molar-refractivity contribution in [1.82, 2.24) is 0 Å². The van der Waals surface area contributed by atoms with Crippen molar-refractivity contribution in [3.8, 4) is 0 Å². The van der Waals surface area contributed by atoms with Crippen molar-refractivity contribution >= 4 is 24.8 Å². The summed E-state index contributed by atoms with van der Waals surface area (Å²) in [6.07, 6.45) is 12.9. The topological polar surface area (TPSA) is 0 Å². The molecule has 0 bridgehead atoms. The molecule has 0 heterocycles. The maximum absolute atomic E-state index is 2.99. The molecule has 0 radical (unpaired) electrons. The van der Waals surface area contributed by atoms with Crippen LogP contribution in [0, 0.1) is 19.9 Å². The van der Waals surface area contributed by atoms with E-state index in [-0.39, 0.29) is 35.6 Å². The average Bonchev–Trinajstić information content (AvgIpc) is 3.14. The number of hydrogen-bond acceptors (Lipinski definition) is 0. The summed E-state index contributed by atoms with van der Waals surface area (Å²) in [5.74, 6) is 0. The van der Waals surface area contributed by atoms with Crippen molar-refractivity contribution in [2.24, 2.45) is 0 Å². The van der Waals surface area contributed by atoms with Crippen LogP contribution >= 0.6 is 0 Å². The van der Waals surface area contributed by atoms with E-state index in [4.69, 9.17) is 0 Å². The number of rotatable bonds is 0. The zero-order valence-corrected chi connectivity index (χ0v) is 26.0. The molecular weight excluding hydrogens is 534 g/mol. The summed E-state index contributed by atoms with van der Waals surface area (Å²) in [6.45, 7) is 18.3. The van der Waals surface area contributed by atoms with E-state index in [2.05, 4.69) is 97.9 Å². The second-order valence-corrected chi connectivity index (χ2v) is 13.0. The molecule has 0 N–H and O–H groups in total. The van der Waals surface area contributed by atoms with Gasteiger partial charge in [0.05, 0.1) is 0 Å². The van der Waals surface area contributed by atoms with Crippen molar-refractivity contribution in [3.63, 3.8) is 0 Å². The van der Waals surface area contributed by atoms with E-state index in [0.717, 1.165) is 6.42 Å². The summed E-state index contributed by atoms with van der Waals surface area (Å²) >= 11 is 1.66. The Kier molecular flexibility index (Phi) is 11.3. The van der Waals surface area contributed by atoms with Gasteiger partial charge in [0.25, 0.3) is 0 Å². The molecule has 0 unspecified atom stereocenters. The molecule has 3 aromatic carbocycles. The second-order valence-electron chi connectivity index (χ2n) is 11.3. The molecule has 3 aromatic rings. The van der Waals surface area contributed by atoms with Gasteiger partial charge in [-0.1, -0.05) is 75.9 Å². The van der Waals surface area contributed by atoms with E-state index in [9.17, 15) is 0 Å². The van der Waals surface area contributed by atoms with Gasteiger partial charge in [0, 0.05) is 0 Å². The first-order valence-electron chi connectivity index (χ1n) is 11.8. The van der Waals surface area contributed by atoms with Gasteiger partial charge in [-0.15, -0.1) is 46.2 Å². The average molecular weight is 573 g/mol. The predicted octanol–water partition coefficient (Wildman–Crippen LogP) is 2.74. The Balaban J connectivity index is 0.000000438. The van der Waals surface area contributed by atoms with Crippen LogP contribution in [0.15, 0.2) is 48.6 Å². The van der Waals surface area contributed by atoms with Crippen LogP contribution in [-0.2, 0) is 35.1 Å². The second kappa shape index (κ2) is 12.4. The summed E-state index contributed by atoms with van der Waals surface area (Å²) in [5.41, 5.74) is 6.06. The SMILES string of the molecule is Cc1cc2[cH-]c3cc(C)c(C(C)(C)C)cc3c2cc1C(C)(C)C.[C-]1=CC=CC1.[Cl-].[Cl-].[Zr+2]=[C]1CC1. The molecule has 1 saturated carbocycles. The molecule has 0 aliphatic heterocycles. The zero-order valence-electron chi connectivity index (χ0n) is 22.0. The van der Waals surface area contributed by atoms with Gasteiger partial charge in [-0.2, -0.15) is 6.08 Å². The van der Waals surface area contributed by atoms with Crippen LogP contribution in [-0.4, -0.2) is 3.21 Å². The number of hydrogen-bond donors (Lipinski definition) is 0. The Morgan fingerprint density at radius 2 is 1.18 bits per heavy atom. The molecule has 3 heteroatoms. The Bertz CT molecular complexity index is 1100. The van der Waals surface area contributed by atoms with Crippen molar-refractivity contribution in [2.45, 2.75) is 85.5 Å². The van der Waals surface area contributed by atoms with Crippen LogP contribution < -0.4 is 24.8 Å². The van der Waals surface area contributed by atoms with Crippen molar-refractivity contribution in [3.05, 3.63) is 76.9 Å². The van der Waals surface area contributed by atoms with Crippen molar-refractivity contribution < 1.29 is 49.0 Å². The van der Waals surface area contributed by atoms with Gasteiger partial charge in [-0.25, -0.2) is 12.2 Å². The molecule has 2 aliphatic rings. The number of halogens is 2. The van der Waals surface area contributed by atoms with E-state index in [1.165, 1.54) is 56.6 Å². The first-order chi connectivity index (χ1) is 14.9. The van der Waals surface area contributed by atoms with Gasteiger partial charge in [0.2, 0.25) is 0 Å². The quantitative estimate of drug-likeness (QED) is 0.364. The Hall–Kier alpha value is -0.877. The first-order valence-corrected chi connectivity index (χ1v) is 13.0. The van der Waals surface area contributed by atoms with Crippen LogP contribution in [0.1, 0.15) is 83.1 Å². The molecule has 5 rings (SSSR count). The zero-order chi connectivity index (χ0) is 23.7. The van der Waals surface area contributed by atoms with Gasteiger partial charge in [-0.3, -0.25) is 6.08 Å². The fourth-order valence-electron chi connectivity index (χ4n) is 4.35. The third kappa shape index (κ3) is 8.08. The molecule has 2 aliphatic carbocycles. The van der Waals surface area contributed by atoms with E-state index < -0.39 is 0 Å². The van der Waals surface area contributed by atoms with Crippen molar-refractivity contribution in [1.29, 1.82) is 0 Å². The Morgan fingerprint density at radius 3 is 1.41 bits per heavy atom. The van der Waals surface area contributed by atoms with E-state index >= 15 is 0 Å². The van der Waals surface area contributed by atoms with E-state index in [0.29, 0.717) is 0 Å². The van der Waals surface area contributed by atoms with E-state index in [1.54, 1.807) is 27.4 Å². The molecular formula is C31H38Cl2Zr-2. The monoisotopic (exact) mass is 570 g/mol. The minimum absolute atomic E-state index is 0. The molecule has 0 nitrogen and oxygen atoms in total. The summed E-state index contributed by atoms with van der Waals surface area (Å²) in [7, 11) is 0. The van der Waals surface area contributed by atoms with Gasteiger partial charge < -0.3 is 24.8 Å². The maximum atomic E-state index is 2.99. The predicted molar refractivity (Wildman–Crippen MR) is 140 cm³/mol. The number of benzene rings is 2. The third-order valence-corrected chi connectivity index (χ3v) is 7.33. The molecule has 0 aromatic heterocycles. The number of aryl methyl sites for hydroxylation is 2. The minimum atomic E-state index is 0. The standard InChI is InChI=1S/C23H29.C5H5.C3H4.2ClH.Zr/c1-14-9-16-11-17-10-15(2)21(23(6,7)8)13-19(17)18(16)12-20(14)22(3,4)5;1-2-4-5-3-1;1-2-3-1;;;/h9-13H,1-8H3;1-3H,4H2;1-2H2;2*1H;/q2*-1;;;;+2/p-2. The van der Waals surface area contributed by atoms with Gasteiger partial charge in [-0.05, 0) is 24.7 Å². The fraction of sp³-hybridized carbons (Fsp3) is 0.419. The molecule has 0 spiro atoms. The summed E-state index contributed by atoms with van der Waals surface area (Å²) in [4.78, 5) is 0. The molecule has 182 valence electrons. The van der Waals surface area contributed by atoms with Crippen LogP contribution in [0.3, 0.4) is 0 Å².